The van der Waals surface area contributed by atoms with Gasteiger partial charge in [-0.1, -0.05) is 48.5 Å². The van der Waals surface area contributed by atoms with Crippen molar-refractivity contribution in [3.63, 3.8) is 0 Å². The lowest BCUT2D eigenvalue weighted by atomic mass is 9.32. The first kappa shape index (κ1) is 24.5. The van der Waals surface area contributed by atoms with Gasteiger partial charge in [0.2, 0.25) is 0 Å². The Morgan fingerprint density at radius 3 is 2.15 bits per heavy atom. The van der Waals surface area contributed by atoms with Crippen molar-refractivity contribution in [1.29, 1.82) is 0 Å². The largest absolute Gasteiger partial charge is 0.515 e. The van der Waals surface area contributed by atoms with E-state index < -0.39 is 11.0 Å². The fourth-order valence-corrected chi connectivity index (χ4v) is 9.91. The molecule has 2 N–H and O–H groups in total. The monoisotopic (exact) mass is 468 g/mol. The molecular weight excluding hydrogens is 424 g/mol. The minimum absolute atomic E-state index is 0.0596. The van der Waals surface area contributed by atoms with E-state index in [1.165, 1.54) is 0 Å². The van der Waals surface area contributed by atoms with Gasteiger partial charge in [-0.2, -0.15) is 0 Å². The average Bonchev–Trinajstić information content (AvgIpc) is 2.74. The Morgan fingerprint density at radius 1 is 0.853 bits per heavy atom. The summed E-state index contributed by atoms with van der Waals surface area (Å²) >= 11 is 0. The average molecular weight is 469 g/mol. The van der Waals surface area contributed by atoms with E-state index in [9.17, 15) is 19.8 Å². The van der Waals surface area contributed by atoms with Crippen LogP contribution >= 0.6 is 0 Å². The van der Waals surface area contributed by atoms with E-state index in [1.807, 2.05) is 13.8 Å². The fraction of sp³-hybridized carbons (Fsp3) is 0.800. The maximum Gasteiger partial charge on any atom is 0.167 e. The number of carbonyl (C=O) groups is 2. The van der Waals surface area contributed by atoms with Gasteiger partial charge in [-0.15, -0.1) is 0 Å². The number of hydrogen-bond donors (Lipinski definition) is 2. The van der Waals surface area contributed by atoms with Gasteiger partial charge in [-0.3, -0.25) is 9.59 Å². The van der Waals surface area contributed by atoms with Gasteiger partial charge in [0.05, 0.1) is 17.8 Å². The summed E-state index contributed by atoms with van der Waals surface area (Å²) in [6, 6.07) is 0. The van der Waals surface area contributed by atoms with Gasteiger partial charge in [0.15, 0.2) is 5.78 Å². The number of rotatable bonds is 0. The quantitative estimate of drug-likeness (QED) is 0.322. The summed E-state index contributed by atoms with van der Waals surface area (Å²) in [6.45, 7) is 15.6. The zero-order chi connectivity index (χ0) is 25.1. The minimum atomic E-state index is -0.823. The van der Waals surface area contributed by atoms with Crippen LogP contribution < -0.4 is 0 Å². The lowest BCUT2D eigenvalue weighted by Crippen LogP contribution is -2.69. The van der Waals surface area contributed by atoms with Crippen LogP contribution in [-0.2, 0) is 9.59 Å². The van der Waals surface area contributed by atoms with Gasteiger partial charge in [-0.05, 0) is 84.9 Å². The van der Waals surface area contributed by atoms with Crippen molar-refractivity contribution in [2.75, 3.05) is 0 Å². The number of allylic oxidation sites excluding steroid dienone is 1. The molecule has 0 aromatic carbocycles. The van der Waals surface area contributed by atoms with Crippen molar-refractivity contribution >= 4 is 11.6 Å². The van der Waals surface area contributed by atoms with Gasteiger partial charge < -0.3 is 10.2 Å². The molecule has 0 unspecified atom stereocenters. The van der Waals surface area contributed by atoms with Gasteiger partial charge in [-0.25, -0.2) is 0 Å². The number of fused-ring (bicyclic) bond motifs is 7. The van der Waals surface area contributed by atoms with Gasteiger partial charge in [0.1, 0.15) is 5.78 Å². The standard InChI is InChI=1S/C30H44O4/c1-25(2)10-12-30(34)13-11-29(7)23(19(30)16-25)20(32)14-22-27(5)15-18(17-31)24(33)26(3,4)21(27)8-9-28(22,29)6/h17,21-22,31,34H,8-16H2,1-7H3/b18-17+/t21-,22+,27-,28+,29+,30-/m0/s1. The predicted octanol–water partition coefficient (Wildman–Crippen LogP) is 6.33. The van der Waals surface area contributed by atoms with Crippen LogP contribution in [0.3, 0.4) is 0 Å². The lowest BCUT2D eigenvalue weighted by Gasteiger charge is -2.71. The SMILES string of the molecule is CC1(C)CC[C@]2(O)CC[C@]3(C)[C]([C]2C1)C(=O)C[C@@H]1[C@@]2(C)C/C(=C\O)C(=O)C(C)(C)[C@@H]2CC[C@]13C. The molecule has 34 heavy (non-hydrogen) atoms. The second-order valence-electron chi connectivity index (χ2n) is 14.6. The molecule has 5 aliphatic rings. The maximum atomic E-state index is 14.1. The first-order valence-corrected chi connectivity index (χ1v) is 13.4. The normalized spacial score (nSPS) is 49.7. The minimum Gasteiger partial charge on any atom is -0.515 e. The van der Waals surface area contributed by atoms with Crippen LogP contribution in [0.5, 0.6) is 0 Å². The molecule has 5 fully saturated rings. The summed E-state index contributed by atoms with van der Waals surface area (Å²) in [5.41, 5.74) is -1.35. The van der Waals surface area contributed by atoms with Gasteiger partial charge in [0.25, 0.3) is 0 Å². The van der Waals surface area contributed by atoms with Crippen molar-refractivity contribution in [1.82, 2.24) is 0 Å². The fourth-order valence-electron chi connectivity index (χ4n) is 9.91. The van der Waals surface area contributed by atoms with E-state index in [-0.39, 0.29) is 45.1 Å². The van der Waals surface area contributed by atoms with Crippen LogP contribution in [0.4, 0.5) is 0 Å². The third-order valence-corrected chi connectivity index (χ3v) is 12.0. The summed E-state index contributed by atoms with van der Waals surface area (Å²) in [5, 5.41) is 21.7. The highest BCUT2D eigenvalue weighted by Crippen LogP contribution is 2.76. The Hall–Kier alpha value is -1.16. The van der Waals surface area contributed by atoms with Crippen molar-refractivity contribution in [2.45, 2.75) is 112 Å². The first-order valence-electron chi connectivity index (χ1n) is 13.4. The van der Waals surface area contributed by atoms with Crippen molar-refractivity contribution in [3.8, 4) is 0 Å². The van der Waals surface area contributed by atoms with E-state index >= 15 is 0 Å². The van der Waals surface area contributed by atoms with Crippen LogP contribution in [0.15, 0.2) is 11.8 Å². The van der Waals surface area contributed by atoms with Crippen molar-refractivity contribution in [3.05, 3.63) is 23.7 Å². The van der Waals surface area contributed by atoms with Crippen LogP contribution in [0.2, 0.25) is 0 Å². The summed E-state index contributed by atoms with van der Waals surface area (Å²) < 4.78 is 0. The molecule has 5 aliphatic carbocycles. The molecule has 0 amide bonds. The highest BCUT2D eigenvalue weighted by molar-refractivity contribution is 6.01. The van der Waals surface area contributed by atoms with Gasteiger partial charge in [0, 0.05) is 23.3 Å². The molecular formula is C30H44O4. The zero-order valence-electron chi connectivity index (χ0n) is 22.3. The molecule has 0 saturated heterocycles. The van der Waals surface area contributed by atoms with Crippen LogP contribution in [0, 0.1) is 50.7 Å². The molecule has 4 heteroatoms. The third-order valence-electron chi connectivity index (χ3n) is 12.0. The van der Waals surface area contributed by atoms with Gasteiger partial charge >= 0.3 is 0 Å². The van der Waals surface area contributed by atoms with Crippen LogP contribution in [0.25, 0.3) is 0 Å². The molecule has 5 rings (SSSR count). The van der Waals surface area contributed by atoms with Crippen LogP contribution in [-0.4, -0.2) is 27.4 Å². The van der Waals surface area contributed by atoms with E-state index in [2.05, 4.69) is 34.6 Å². The highest BCUT2D eigenvalue weighted by atomic mass is 16.3. The number of ketones is 2. The summed E-state index contributed by atoms with van der Waals surface area (Å²) in [4.78, 5) is 27.3. The first-order chi connectivity index (χ1) is 15.6. The third kappa shape index (κ3) is 2.87. The second kappa shape index (κ2) is 6.99. The molecule has 0 bridgehead atoms. The molecule has 4 nitrogen and oxygen atoms in total. The Morgan fingerprint density at radius 2 is 1.50 bits per heavy atom. The van der Waals surface area contributed by atoms with E-state index in [1.54, 1.807) is 0 Å². The Balaban J connectivity index is 1.60. The number of carbonyl (C=O) groups excluding carboxylic acids is 2. The molecule has 0 aromatic rings. The number of hydrogen-bond acceptors (Lipinski definition) is 4. The summed E-state index contributed by atoms with van der Waals surface area (Å²) in [6.07, 6.45) is 8.14. The molecule has 2 radical (unpaired) electrons. The summed E-state index contributed by atoms with van der Waals surface area (Å²) in [5.74, 6) is 2.62. The molecule has 5 saturated carbocycles. The molecule has 0 heterocycles. The van der Waals surface area contributed by atoms with E-state index in [0.717, 1.165) is 63.0 Å². The molecule has 0 aliphatic heterocycles. The topological polar surface area (TPSA) is 74.6 Å². The van der Waals surface area contributed by atoms with E-state index in [0.29, 0.717) is 18.4 Å². The Labute approximate surface area is 206 Å². The lowest BCUT2D eigenvalue weighted by molar-refractivity contribution is -0.192. The molecule has 6 atom stereocenters. The number of Topliss-reactive ketones (excluding diaryl/α,β-unsaturated/α-hetero) is 2. The van der Waals surface area contributed by atoms with Crippen molar-refractivity contribution in [2.24, 2.45) is 38.9 Å². The van der Waals surface area contributed by atoms with Crippen LogP contribution in [0.1, 0.15) is 106 Å². The Kier molecular flexibility index (Phi) is 5.04. The molecule has 0 aromatic heterocycles. The predicted molar refractivity (Wildman–Crippen MR) is 133 cm³/mol. The second-order valence-corrected chi connectivity index (χ2v) is 14.6. The van der Waals surface area contributed by atoms with E-state index in [4.69, 9.17) is 0 Å². The molecule has 188 valence electrons. The number of aliphatic hydroxyl groups is 2. The maximum absolute atomic E-state index is 14.1. The summed E-state index contributed by atoms with van der Waals surface area (Å²) in [7, 11) is 0. The molecule has 0 spiro atoms. The Bertz CT molecular complexity index is 961. The zero-order valence-corrected chi connectivity index (χ0v) is 22.3. The smallest absolute Gasteiger partial charge is 0.167 e. The highest BCUT2D eigenvalue weighted by Gasteiger charge is 2.72. The van der Waals surface area contributed by atoms with Crippen molar-refractivity contribution < 1.29 is 19.8 Å². The number of aliphatic hydroxyl groups excluding tert-OH is 1.